The number of hydrogen-bond acceptors (Lipinski definition) is 4. The number of amides is 1. The fraction of sp³-hybridized carbons (Fsp3) is 0.318. The van der Waals surface area contributed by atoms with Crippen molar-refractivity contribution in [1.29, 1.82) is 0 Å². The van der Waals surface area contributed by atoms with E-state index in [4.69, 9.17) is 17.0 Å². The van der Waals surface area contributed by atoms with Crippen LogP contribution in [0.2, 0.25) is 0 Å². The fourth-order valence-electron chi connectivity index (χ4n) is 3.54. The van der Waals surface area contributed by atoms with Gasteiger partial charge < -0.3 is 15.0 Å². The third kappa shape index (κ3) is 4.31. The number of carbonyl (C=O) groups excluding carboxylic acids is 1. The Balaban J connectivity index is 1.55. The van der Waals surface area contributed by atoms with Gasteiger partial charge in [0.25, 0.3) is 11.5 Å². The second kappa shape index (κ2) is 8.31. The number of benzene rings is 2. The van der Waals surface area contributed by atoms with Crippen molar-refractivity contribution in [3.63, 3.8) is 0 Å². The van der Waals surface area contributed by atoms with Crippen LogP contribution in [0, 0.1) is 11.7 Å². The smallest absolute Gasteiger partial charge is 0.262 e. The zero-order chi connectivity index (χ0) is 20.4. The van der Waals surface area contributed by atoms with Crippen LogP contribution in [0.5, 0.6) is 0 Å². The number of rotatable bonds is 5. The largest absolute Gasteiger partial charge is 0.376 e. The van der Waals surface area contributed by atoms with Gasteiger partial charge in [0.05, 0.1) is 23.6 Å². The van der Waals surface area contributed by atoms with Crippen molar-refractivity contribution < 1.29 is 9.53 Å². The van der Waals surface area contributed by atoms with Crippen molar-refractivity contribution in [2.75, 3.05) is 6.61 Å². The van der Waals surface area contributed by atoms with Crippen LogP contribution in [0.15, 0.2) is 47.3 Å². The van der Waals surface area contributed by atoms with Gasteiger partial charge in [0.15, 0.2) is 4.77 Å². The number of aryl methyl sites for hydroxylation is 1. The first-order valence-corrected chi connectivity index (χ1v) is 10.1. The Morgan fingerprint density at radius 1 is 1.28 bits per heavy atom. The van der Waals surface area contributed by atoms with Crippen LogP contribution in [0.4, 0.5) is 0 Å². The second-order valence-corrected chi connectivity index (χ2v) is 7.80. The first kappa shape index (κ1) is 19.5. The molecule has 2 heterocycles. The summed E-state index contributed by atoms with van der Waals surface area (Å²) in [5.41, 5.74) is 3.08. The van der Waals surface area contributed by atoms with Crippen molar-refractivity contribution in [2.24, 2.45) is 0 Å². The first-order chi connectivity index (χ1) is 14.0. The minimum atomic E-state index is -0.199. The average molecular weight is 410 g/mol. The Morgan fingerprint density at radius 3 is 2.79 bits per heavy atom. The van der Waals surface area contributed by atoms with Gasteiger partial charge in [-0.15, -0.1) is 0 Å². The predicted octanol–water partition coefficient (Wildman–Crippen LogP) is 3.48. The summed E-state index contributed by atoms with van der Waals surface area (Å²) in [7, 11) is 0. The van der Waals surface area contributed by atoms with E-state index < -0.39 is 0 Å². The maximum atomic E-state index is 12.9. The van der Waals surface area contributed by atoms with Gasteiger partial charge in [-0.2, -0.15) is 0 Å². The minimum absolute atomic E-state index is 0.0204. The molecule has 1 aliphatic rings. The molecule has 1 amide bonds. The van der Waals surface area contributed by atoms with Crippen LogP contribution in [0.1, 0.15) is 34.3 Å². The van der Waals surface area contributed by atoms with Crippen LogP contribution >= 0.6 is 12.2 Å². The van der Waals surface area contributed by atoms with Gasteiger partial charge in [0.1, 0.15) is 0 Å². The highest BCUT2D eigenvalue weighted by Gasteiger charge is 2.18. The van der Waals surface area contributed by atoms with Gasteiger partial charge in [-0.3, -0.25) is 14.2 Å². The molecule has 2 N–H and O–H groups in total. The van der Waals surface area contributed by atoms with E-state index in [1.807, 2.05) is 31.2 Å². The maximum Gasteiger partial charge on any atom is 0.262 e. The van der Waals surface area contributed by atoms with Crippen LogP contribution < -0.4 is 10.9 Å². The molecule has 6 nitrogen and oxygen atoms in total. The normalized spacial score (nSPS) is 16.2. The number of nitrogens with zero attached hydrogens (tertiary/aromatic N) is 1. The molecule has 1 aliphatic heterocycles. The van der Waals surface area contributed by atoms with Gasteiger partial charge in [-0.1, -0.05) is 29.8 Å². The van der Waals surface area contributed by atoms with Crippen molar-refractivity contribution >= 4 is 29.0 Å². The molecular formula is C22H23N3O3S. The third-order valence-electron chi connectivity index (χ3n) is 5.23. The number of ether oxygens (including phenoxy) is 1. The summed E-state index contributed by atoms with van der Waals surface area (Å²) in [5, 5.41) is 3.42. The molecule has 150 valence electrons. The molecule has 1 aromatic heterocycles. The lowest BCUT2D eigenvalue weighted by Gasteiger charge is -2.13. The molecule has 0 bridgehead atoms. The van der Waals surface area contributed by atoms with E-state index >= 15 is 0 Å². The molecule has 1 fully saturated rings. The number of hydrogen-bond donors (Lipinski definition) is 2. The Hall–Kier alpha value is -2.77. The lowest BCUT2D eigenvalue weighted by atomic mass is 10.1. The first-order valence-electron chi connectivity index (χ1n) is 9.73. The standard InChI is InChI=1S/C22H23N3O3S/c1-14-4-6-15(7-5-14)12-23-20(26)16-8-9-18-19(11-16)24-22(29)25(21(18)27)13-17-3-2-10-28-17/h4-9,11,17H,2-3,10,12-13H2,1H3,(H,23,26)(H,24,29)/t17-/m1/s1. The summed E-state index contributed by atoms with van der Waals surface area (Å²) < 4.78 is 7.52. The number of aromatic nitrogens is 2. The van der Waals surface area contributed by atoms with Gasteiger partial charge >= 0.3 is 0 Å². The van der Waals surface area contributed by atoms with Crippen LogP contribution in [0.3, 0.4) is 0 Å². The topological polar surface area (TPSA) is 76.1 Å². The van der Waals surface area contributed by atoms with E-state index in [0.717, 1.165) is 25.0 Å². The summed E-state index contributed by atoms with van der Waals surface area (Å²) in [6.45, 7) is 3.64. The van der Waals surface area contributed by atoms with Gasteiger partial charge in [-0.05, 0) is 55.7 Å². The number of aromatic amines is 1. The van der Waals surface area contributed by atoms with Crippen molar-refractivity contribution in [3.8, 4) is 0 Å². The Labute approximate surface area is 173 Å². The van der Waals surface area contributed by atoms with Gasteiger partial charge in [0, 0.05) is 18.7 Å². The number of fused-ring (bicyclic) bond motifs is 1. The Morgan fingerprint density at radius 2 is 2.07 bits per heavy atom. The molecule has 7 heteroatoms. The molecule has 0 unspecified atom stereocenters. The lowest BCUT2D eigenvalue weighted by Crippen LogP contribution is -2.28. The van der Waals surface area contributed by atoms with Crippen molar-refractivity contribution in [2.45, 2.75) is 39.0 Å². The minimum Gasteiger partial charge on any atom is -0.376 e. The van der Waals surface area contributed by atoms with E-state index in [1.54, 1.807) is 22.8 Å². The summed E-state index contributed by atoms with van der Waals surface area (Å²) in [5.74, 6) is -0.199. The molecule has 0 radical (unpaired) electrons. The Kier molecular flexibility index (Phi) is 5.60. The molecular weight excluding hydrogens is 386 g/mol. The molecule has 4 rings (SSSR count). The molecule has 0 aliphatic carbocycles. The summed E-state index contributed by atoms with van der Waals surface area (Å²) in [6, 6.07) is 13.0. The monoisotopic (exact) mass is 409 g/mol. The Bertz CT molecular complexity index is 1160. The average Bonchev–Trinajstić information content (AvgIpc) is 3.23. The zero-order valence-corrected chi connectivity index (χ0v) is 17.1. The van der Waals surface area contributed by atoms with Gasteiger partial charge in [0.2, 0.25) is 0 Å². The molecule has 3 aromatic rings. The van der Waals surface area contributed by atoms with E-state index in [-0.39, 0.29) is 17.6 Å². The van der Waals surface area contributed by atoms with Crippen molar-refractivity contribution in [1.82, 2.24) is 14.9 Å². The number of nitrogens with one attached hydrogen (secondary N) is 2. The van der Waals surface area contributed by atoms with Crippen molar-refractivity contribution in [3.05, 3.63) is 74.3 Å². The fourth-order valence-corrected chi connectivity index (χ4v) is 3.81. The summed E-state index contributed by atoms with van der Waals surface area (Å²) in [4.78, 5) is 28.5. The summed E-state index contributed by atoms with van der Waals surface area (Å²) >= 11 is 5.39. The highest BCUT2D eigenvalue weighted by molar-refractivity contribution is 7.71. The second-order valence-electron chi connectivity index (χ2n) is 7.41. The summed E-state index contributed by atoms with van der Waals surface area (Å²) in [6.07, 6.45) is 1.95. The molecule has 29 heavy (non-hydrogen) atoms. The maximum absolute atomic E-state index is 12.9. The number of H-pyrrole nitrogens is 1. The van der Waals surface area contributed by atoms with E-state index in [9.17, 15) is 9.59 Å². The van der Waals surface area contributed by atoms with Crippen LogP contribution in [0.25, 0.3) is 10.9 Å². The predicted molar refractivity (Wildman–Crippen MR) is 115 cm³/mol. The quantitative estimate of drug-likeness (QED) is 0.633. The van der Waals surface area contributed by atoms with Crippen LogP contribution in [-0.2, 0) is 17.8 Å². The van der Waals surface area contributed by atoms with E-state index in [0.29, 0.717) is 34.3 Å². The highest BCUT2D eigenvalue weighted by Crippen LogP contribution is 2.15. The van der Waals surface area contributed by atoms with E-state index in [1.165, 1.54) is 5.56 Å². The van der Waals surface area contributed by atoms with E-state index in [2.05, 4.69) is 10.3 Å². The molecule has 2 aromatic carbocycles. The molecule has 0 spiro atoms. The molecule has 0 saturated carbocycles. The van der Waals surface area contributed by atoms with Crippen LogP contribution in [-0.4, -0.2) is 28.2 Å². The SMILES string of the molecule is Cc1ccc(CNC(=O)c2ccc3c(=O)n(C[C@H]4CCCO4)c(=S)[nH]c3c2)cc1. The molecule has 1 atom stereocenters. The highest BCUT2D eigenvalue weighted by atomic mass is 32.1. The third-order valence-corrected chi connectivity index (χ3v) is 5.55. The lowest BCUT2D eigenvalue weighted by molar-refractivity contribution is 0.0950. The molecule has 1 saturated heterocycles. The zero-order valence-electron chi connectivity index (χ0n) is 16.2. The number of carbonyl (C=O) groups is 1. The van der Waals surface area contributed by atoms with Gasteiger partial charge in [-0.25, -0.2) is 0 Å².